The number of nitrogens with two attached hydrogens (primary N) is 1. The van der Waals surface area contributed by atoms with Crippen LogP contribution in [0.25, 0.3) is 0 Å². The Morgan fingerprint density at radius 2 is 1.80 bits per heavy atom. The molecule has 3 rings (SSSR count). The molecule has 3 aliphatic carbocycles. The molecule has 0 aliphatic heterocycles. The molecule has 2 bridgehead atoms. The predicted octanol–water partition coefficient (Wildman–Crippen LogP) is 1.34. The Hall–Kier alpha value is -0.420. The van der Waals surface area contributed by atoms with E-state index in [2.05, 4.69) is 4.74 Å². The second-order valence-corrected chi connectivity index (χ2v) is 4.56. The zero-order valence-corrected chi connectivity index (χ0v) is 9.15. The number of rotatable bonds is 3. The molecular formula is C9H14ClF2NO2. The number of halogens is 3. The quantitative estimate of drug-likeness (QED) is 0.759. The molecule has 88 valence electrons. The smallest absolute Gasteiger partial charge is 0.323 e. The summed E-state index contributed by atoms with van der Waals surface area (Å²) in [5, 5.41) is 0. The first kappa shape index (κ1) is 12.6. The molecule has 0 aromatic carbocycles. The van der Waals surface area contributed by atoms with Gasteiger partial charge in [-0.1, -0.05) is 0 Å². The Morgan fingerprint density at radius 1 is 1.33 bits per heavy atom. The summed E-state index contributed by atoms with van der Waals surface area (Å²) in [6.45, 7) is 0. The third-order valence-electron chi connectivity index (χ3n) is 3.69. The average Bonchev–Trinajstić information content (AvgIpc) is 1.96. The predicted molar refractivity (Wildman–Crippen MR) is 52.0 cm³/mol. The Balaban J connectivity index is 0.00000112. The summed E-state index contributed by atoms with van der Waals surface area (Å²) < 4.78 is 29.4. The van der Waals surface area contributed by atoms with Crippen molar-refractivity contribution >= 4 is 18.4 Å². The van der Waals surface area contributed by atoms with Gasteiger partial charge in [0.1, 0.15) is 6.04 Å². The maximum atomic E-state index is 12.5. The molecule has 0 aromatic heterocycles. The molecule has 3 nitrogen and oxygen atoms in total. The van der Waals surface area contributed by atoms with Crippen molar-refractivity contribution in [3.05, 3.63) is 0 Å². The van der Waals surface area contributed by atoms with Crippen molar-refractivity contribution in [3.8, 4) is 0 Å². The lowest BCUT2D eigenvalue weighted by atomic mass is 9.33. The minimum atomic E-state index is -2.28. The molecule has 15 heavy (non-hydrogen) atoms. The third kappa shape index (κ3) is 1.44. The van der Waals surface area contributed by atoms with Crippen molar-refractivity contribution in [1.29, 1.82) is 0 Å². The Kier molecular flexibility index (Phi) is 3.00. The summed E-state index contributed by atoms with van der Waals surface area (Å²) in [6.07, 6.45) is -1.18. The molecule has 0 heterocycles. The topological polar surface area (TPSA) is 52.3 Å². The largest absolute Gasteiger partial charge is 0.468 e. The second kappa shape index (κ2) is 3.56. The van der Waals surface area contributed by atoms with Crippen LogP contribution in [0.15, 0.2) is 0 Å². The number of carbonyl (C=O) groups is 1. The molecule has 1 unspecified atom stereocenters. The van der Waals surface area contributed by atoms with E-state index in [0.29, 0.717) is 19.3 Å². The minimum Gasteiger partial charge on any atom is -0.468 e. The SMILES string of the molecule is COC(=O)C(N)C12CC(C(F)F)(C1)C2.Cl. The van der Waals surface area contributed by atoms with Crippen LogP contribution >= 0.6 is 12.4 Å². The maximum Gasteiger partial charge on any atom is 0.323 e. The summed E-state index contributed by atoms with van der Waals surface area (Å²) in [5.41, 5.74) is 4.43. The fourth-order valence-electron chi connectivity index (χ4n) is 2.89. The van der Waals surface area contributed by atoms with Gasteiger partial charge in [0.15, 0.2) is 0 Å². The van der Waals surface area contributed by atoms with Crippen molar-refractivity contribution < 1.29 is 18.3 Å². The molecule has 1 atom stereocenters. The highest BCUT2D eigenvalue weighted by atomic mass is 35.5. The zero-order chi connectivity index (χ0) is 10.6. The van der Waals surface area contributed by atoms with Crippen LogP contribution in [0.1, 0.15) is 19.3 Å². The Labute approximate surface area is 92.7 Å². The summed E-state index contributed by atoms with van der Waals surface area (Å²) in [7, 11) is 1.26. The van der Waals surface area contributed by atoms with E-state index in [1.54, 1.807) is 0 Å². The second-order valence-electron chi connectivity index (χ2n) is 4.56. The molecule has 3 saturated carbocycles. The molecule has 3 fully saturated rings. The van der Waals surface area contributed by atoms with Crippen molar-refractivity contribution in [2.45, 2.75) is 31.7 Å². The summed E-state index contributed by atoms with van der Waals surface area (Å²) in [5.74, 6) is -0.493. The van der Waals surface area contributed by atoms with Crippen LogP contribution in [0, 0.1) is 10.8 Å². The molecule has 3 aliphatic rings. The number of esters is 1. The van der Waals surface area contributed by atoms with Gasteiger partial charge in [0.2, 0.25) is 6.43 Å². The van der Waals surface area contributed by atoms with Gasteiger partial charge in [0.25, 0.3) is 0 Å². The van der Waals surface area contributed by atoms with E-state index < -0.39 is 23.9 Å². The number of ether oxygens (including phenoxy) is 1. The van der Waals surface area contributed by atoms with E-state index in [-0.39, 0.29) is 17.8 Å². The lowest BCUT2D eigenvalue weighted by Gasteiger charge is -2.71. The van der Waals surface area contributed by atoms with Crippen LogP contribution in [0.5, 0.6) is 0 Å². The zero-order valence-electron chi connectivity index (χ0n) is 8.33. The first-order chi connectivity index (χ1) is 6.46. The monoisotopic (exact) mass is 241 g/mol. The van der Waals surface area contributed by atoms with E-state index in [4.69, 9.17) is 5.73 Å². The highest BCUT2D eigenvalue weighted by Gasteiger charge is 2.74. The van der Waals surface area contributed by atoms with Crippen LogP contribution in [0.3, 0.4) is 0 Å². The van der Waals surface area contributed by atoms with Crippen molar-refractivity contribution in [3.63, 3.8) is 0 Å². The van der Waals surface area contributed by atoms with E-state index >= 15 is 0 Å². The van der Waals surface area contributed by atoms with Crippen LogP contribution in [-0.2, 0) is 9.53 Å². The lowest BCUT2D eigenvalue weighted by Crippen LogP contribution is -2.72. The number of hydrogen-bond donors (Lipinski definition) is 1. The van der Waals surface area contributed by atoms with Gasteiger partial charge < -0.3 is 10.5 Å². The molecule has 0 aromatic rings. The highest BCUT2D eigenvalue weighted by molar-refractivity contribution is 5.85. The molecule has 0 saturated heterocycles. The summed E-state index contributed by atoms with van der Waals surface area (Å²) in [4.78, 5) is 11.1. The Bertz CT molecular complexity index is 266. The van der Waals surface area contributed by atoms with Gasteiger partial charge in [0.05, 0.1) is 7.11 Å². The van der Waals surface area contributed by atoms with Gasteiger partial charge >= 0.3 is 5.97 Å². The van der Waals surface area contributed by atoms with Crippen molar-refractivity contribution in [1.82, 2.24) is 0 Å². The molecule has 6 heteroatoms. The van der Waals surface area contributed by atoms with E-state index in [1.807, 2.05) is 0 Å². The van der Waals surface area contributed by atoms with Gasteiger partial charge in [-0.25, -0.2) is 8.78 Å². The average molecular weight is 242 g/mol. The van der Waals surface area contributed by atoms with E-state index in [9.17, 15) is 13.6 Å². The van der Waals surface area contributed by atoms with Crippen molar-refractivity contribution in [2.75, 3.05) is 7.11 Å². The molecular weight excluding hydrogens is 228 g/mol. The first-order valence-corrected chi connectivity index (χ1v) is 4.57. The number of methoxy groups -OCH3 is 1. The fourth-order valence-corrected chi connectivity index (χ4v) is 2.89. The van der Waals surface area contributed by atoms with Gasteiger partial charge in [-0.15, -0.1) is 12.4 Å². The fraction of sp³-hybridized carbons (Fsp3) is 0.889. The first-order valence-electron chi connectivity index (χ1n) is 4.57. The lowest BCUT2D eigenvalue weighted by molar-refractivity contribution is -0.274. The number of hydrogen-bond acceptors (Lipinski definition) is 3. The van der Waals surface area contributed by atoms with Gasteiger partial charge in [0, 0.05) is 5.41 Å². The number of carbonyl (C=O) groups excluding carboxylic acids is 1. The number of alkyl halides is 2. The van der Waals surface area contributed by atoms with Crippen LogP contribution in [0.4, 0.5) is 8.78 Å². The molecule has 0 spiro atoms. The molecule has 0 radical (unpaired) electrons. The van der Waals surface area contributed by atoms with Crippen LogP contribution < -0.4 is 5.73 Å². The summed E-state index contributed by atoms with van der Waals surface area (Å²) >= 11 is 0. The normalized spacial score (nSPS) is 38.5. The molecule has 0 amide bonds. The van der Waals surface area contributed by atoms with E-state index in [1.165, 1.54) is 7.11 Å². The van der Waals surface area contributed by atoms with Gasteiger partial charge in [-0.3, -0.25) is 4.79 Å². The van der Waals surface area contributed by atoms with Crippen LogP contribution in [0.2, 0.25) is 0 Å². The van der Waals surface area contributed by atoms with Crippen LogP contribution in [-0.4, -0.2) is 25.5 Å². The minimum absolute atomic E-state index is 0. The third-order valence-corrected chi connectivity index (χ3v) is 3.69. The maximum absolute atomic E-state index is 12.5. The molecule has 2 N–H and O–H groups in total. The highest BCUT2D eigenvalue weighted by Crippen LogP contribution is 2.76. The standard InChI is InChI=1S/C9H13F2NO2.ClH/c1-14-6(13)5(12)8-2-9(3-8,4-8)7(10)11;/h5,7H,2-4,12H2,1H3;1H. The Morgan fingerprint density at radius 3 is 2.13 bits per heavy atom. The van der Waals surface area contributed by atoms with Gasteiger partial charge in [-0.2, -0.15) is 0 Å². The summed E-state index contributed by atoms with van der Waals surface area (Å²) in [6, 6.07) is -0.729. The van der Waals surface area contributed by atoms with Gasteiger partial charge in [-0.05, 0) is 24.7 Å². The van der Waals surface area contributed by atoms with E-state index in [0.717, 1.165) is 0 Å². The van der Waals surface area contributed by atoms with Crippen molar-refractivity contribution in [2.24, 2.45) is 16.6 Å².